The lowest BCUT2D eigenvalue weighted by Gasteiger charge is -2.57. The predicted octanol–water partition coefficient (Wildman–Crippen LogP) is 4.05. The lowest BCUT2D eigenvalue weighted by atomic mass is 9.47. The Morgan fingerprint density at radius 2 is 1.82 bits per heavy atom. The first-order valence-corrected chi connectivity index (χ1v) is 8.95. The highest BCUT2D eigenvalue weighted by Crippen LogP contribution is 2.66. The van der Waals surface area contributed by atoms with E-state index in [0.29, 0.717) is 17.8 Å². The molecule has 0 aromatic rings. The number of hydrogen-bond acceptors (Lipinski definition) is 2. The van der Waals surface area contributed by atoms with Crippen molar-refractivity contribution in [1.82, 2.24) is 0 Å². The lowest BCUT2D eigenvalue weighted by molar-refractivity contribution is -0.114. The van der Waals surface area contributed by atoms with Crippen LogP contribution >= 0.6 is 0 Å². The summed E-state index contributed by atoms with van der Waals surface area (Å²) in [5.41, 5.74) is 1.01. The second kappa shape index (κ2) is 4.35. The Kier molecular flexibility index (Phi) is 2.90. The van der Waals surface area contributed by atoms with Crippen molar-refractivity contribution >= 4 is 5.78 Å². The van der Waals surface area contributed by atoms with Crippen molar-refractivity contribution < 1.29 is 9.90 Å². The smallest absolute Gasteiger partial charge is 0.178 e. The highest BCUT2D eigenvalue weighted by molar-refractivity contribution is 6.01. The summed E-state index contributed by atoms with van der Waals surface area (Å²) in [6.45, 7) is 6.73. The van der Waals surface area contributed by atoms with E-state index in [1.54, 1.807) is 6.08 Å². The molecule has 0 radical (unpaired) electrons. The predicted molar refractivity (Wildman–Crippen MR) is 87.2 cm³/mol. The molecule has 0 aliphatic heterocycles. The Labute approximate surface area is 133 Å². The molecule has 0 saturated heterocycles. The zero-order valence-electron chi connectivity index (χ0n) is 14.1. The monoisotopic (exact) mass is 300 g/mol. The normalized spacial score (nSPS) is 53.5. The van der Waals surface area contributed by atoms with E-state index in [0.717, 1.165) is 19.3 Å². The summed E-state index contributed by atoms with van der Waals surface area (Å²) in [4.78, 5) is 11.7. The maximum absolute atomic E-state index is 11.7. The van der Waals surface area contributed by atoms with Crippen LogP contribution in [0.3, 0.4) is 0 Å². The molecular weight excluding hydrogens is 272 g/mol. The zero-order valence-corrected chi connectivity index (χ0v) is 14.1. The number of allylic oxidation sites excluding steroid dienone is 4. The van der Waals surface area contributed by atoms with Crippen LogP contribution in [-0.2, 0) is 4.79 Å². The molecule has 0 unspecified atom stereocenters. The minimum atomic E-state index is -0.502. The van der Waals surface area contributed by atoms with Gasteiger partial charge in [-0.05, 0) is 80.8 Å². The van der Waals surface area contributed by atoms with Crippen molar-refractivity contribution in [2.75, 3.05) is 0 Å². The average Bonchev–Trinajstić information content (AvgIpc) is 2.70. The Bertz CT molecular complexity index is 585. The maximum atomic E-state index is 11.7. The van der Waals surface area contributed by atoms with Crippen LogP contribution in [0.5, 0.6) is 0 Å². The second-order valence-electron chi connectivity index (χ2n) is 8.87. The first-order valence-electron chi connectivity index (χ1n) is 8.95. The second-order valence-corrected chi connectivity index (χ2v) is 8.87. The fraction of sp³-hybridized carbons (Fsp3) is 0.750. The highest BCUT2D eigenvalue weighted by Gasteiger charge is 2.61. The van der Waals surface area contributed by atoms with Crippen molar-refractivity contribution in [3.8, 4) is 0 Å². The summed E-state index contributed by atoms with van der Waals surface area (Å²) < 4.78 is 0. The molecular formula is C20H28O2. The quantitative estimate of drug-likeness (QED) is 0.733. The van der Waals surface area contributed by atoms with Gasteiger partial charge in [0.25, 0.3) is 0 Å². The van der Waals surface area contributed by atoms with Crippen LogP contribution in [0.4, 0.5) is 0 Å². The minimum absolute atomic E-state index is 0.0760. The molecule has 2 heteroatoms. The van der Waals surface area contributed by atoms with Gasteiger partial charge in [0.15, 0.2) is 5.78 Å². The number of ketones is 1. The van der Waals surface area contributed by atoms with Crippen LogP contribution in [0.15, 0.2) is 23.8 Å². The largest absolute Gasteiger partial charge is 0.390 e. The van der Waals surface area contributed by atoms with E-state index in [9.17, 15) is 9.90 Å². The summed E-state index contributed by atoms with van der Waals surface area (Å²) >= 11 is 0. The molecule has 0 aromatic heterocycles. The molecule has 0 amide bonds. The van der Waals surface area contributed by atoms with Gasteiger partial charge in [0.1, 0.15) is 0 Å². The first kappa shape index (κ1) is 14.7. The van der Waals surface area contributed by atoms with Crippen LogP contribution in [0.1, 0.15) is 59.3 Å². The van der Waals surface area contributed by atoms with Gasteiger partial charge in [-0.2, -0.15) is 0 Å². The van der Waals surface area contributed by atoms with Crippen molar-refractivity contribution in [3.05, 3.63) is 23.8 Å². The summed E-state index contributed by atoms with van der Waals surface area (Å²) in [6, 6.07) is 0. The van der Waals surface area contributed by atoms with E-state index in [1.165, 1.54) is 24.8 Å². The van der Waals surface area contributed by atoms with Crippen molar-refractivity contribution in [2.24, 2.45) is 28.6 Å². The Morgan fingerprint density at radius 1 is 1.09 bits per heavy atom. The molecule has 4 rings (SSSR count). The fourth-order valence-electron chi connectivity index (χ4n) is 6.44. The SMILES string of the molecule is C[C@@]12C=CC(=O)C=C1CC[C@H]1[C@H]2CC[C@]2(C)[C@@H]1CC[C@@]2(C)O. The van der Waals surface area contributed by atoms with Gasteiger partial charge in [-0.3, -0.25) is 4.79 Å². The topological polar surface area (TPSA) is 37.3 Å². The fourth-order valence-corrected chi connectivity index (χ4v) is 6.44. The van der Waals surface area contributed by atoms with Gasteiger partial charge in [0.05, 0.1) is 5.60 Å². The third-order valence-electron chi connectivity index (χ3n) is 8.12. The van der Waals surface area contributed by atoms with Gasteiger partial charge in [-0.1, -0.05) is 25.5 Å². The third kappa shape index (κ3) is 1.68. The molecule has 4 aliphatic rings. The number of carbonyl (C=O) groups is 1. The number of aliphatic hydroxyl groups is 1. The molecule has 2 nitrogen and oxygen atoms in total. The summed E-state index contributed by atoms with van der Waals surface area (Å²) in [5, 5.41) is 10.9. The third-order valence-corrected chi connectivity index (χ3v) is 8.12. The molecule has 22 heavy (non-hydrogen) atoms. The molecule has 0 bridgehead atoms. The van der Waals surface area contributed by atoms with Crippen molar-refractivity contribution in [1.29, 1.82) is 0 Å². The molecule has 4 aliphatic carbocycles. The van der Waals surface area contributed by atoms with Gasteiger partial charge in [0.2, 0.25) is 0 Å². The summed E-state index contributed by atoms with van der Waals surface area (Å²) in [6.07, 6.45) is 12.5. The molecule has 3 saturated carbocycles. The van der Waals surface area contributed by atoms with E-state index < -0.39 is 5.60 Å². The molecule has 3 fully saturated rings. The van der Waals surface area contributed by atoms with Crippen LogP contribution in [-0.4, -0.2) is 16.5 Å². The van der Waals surface area contributed by atoms with Crippen molar-refractivity contribution in [2.45, 2.75) is 64.9 Å². The number of hydrogen-bond donors (Lipinski definition) is 1. The minimum Gasteiger partial charge on any atom is -0.390 e. The lowest BCUT2D eigenvalue weighted by Crippen LogP contribution is -2.53. The van der Waals surface area contributed by atoms with E-state index in [2.05, 4.69) is 26.8 Å². The molecule has 6 atom stereocenters. The Morgan fingerprint density at radius 3 is 2.59 bits per heavy atom. The van der Waals surface area contributed by atoms with E-state index >= 15 is 0 Å². The van der Waals surface area contributed by atoms with E-state index in [1.807, 2.05) is 6.08 Å². The van der Waals surface area contributed by atoms with Crippen LogP contribution in [0, 0.1) is 28.6 Å². The number of rotatable bonds is 0. The van der Waals surface area contributed by atoms with Gasteiger partial charge in [-0.25, -0.2) is 0 Å². The molecule has 1 N–H and O–H groups in total. The van der Waals surface area contributed by atoms with Crippen LogP contribution in [0.25, 0.3) is 0 Å². The van der Waals surface area contributed by atoms with Gasteiger partial charge < -0.3 is 5.11 Å². The number of fused-ring (bicyclic) bond motifs is 5. The zero-order chi connectivity index (χ0) is 15.8. The Hall–Kier alpha value is -0.890. The number of carbonyl (C=O) groups excluding carboxylic acids is 1. The van der Waals surface area contributed by atoms with Gasteiger partial charge in [0, 0.05) is 5.41 Å². The first-order chi connectivity index (χ1) is 10.3. The molecule has 0 aromatic carbocycles. The highest BCUT2D eigenvalue weighted by atomic mass is 16.3. The van der Waals surface area contributed by atoms with Crippen molar-refractivity contribution in [3.63, 3.8) is 0 Å². The summed E-state index contributed by atoms with van der Waals surface area (Å²) in [7, 11) is 0. The molecule has 0 heterocycles. The van der Waals surface area contributed by atoms with E-state index in [4.69, 9.17) is 0 Å². The summed E-state index contributed by atoms with van der Waals surface area (Å²) in [5.74, 6) is 2.15. The molecule has 120 valence electrons. The van der Waals surface area contributed by atoms with Gasteiger partial charge in [-0.15, -0.1) is 0 Å². The average molecular weight is 300 g/mol. The van der Waals surface area contributed by atoms with Gasteiger partial charge >= 0.3 is 0 Å². The van der Waals surface area contributed by atoms with Crippen LogP contribution < -0.4 is 0 Å². The Balaban J connectivity index is 1.71. The van der Waals surface area contributed by atoms with Crippen LogP contribution in [0.2, 0.25) is 0 Å². The maximum Gasteiger partial charge on any atom is 0.178 e. The molecule has 0 spiro atoms. The van der Waals surface area contributed by atoms with E-state index in [-0.39, 0.29) is 16.6 Å². The standard InChI is InChI=1S/C20H28O2/c1-18-9-6-14(21)12-13(18)4-5-15-16(18)7-10-19(2)17(15)8-11-20(19,3)22/h6,9,12,15-17,22H,4-5,7-8,10-11H2,1-3H3/t15-,16+,17+,18+,19+,20+/m0/s1.